The number of rotatable bonds is 7. The van der Waals surface area contributed by atoms with Gasteiger partial charge < -0.3 is 15.5 Å². The molecule has 3 rings (SSSR count). The molecule has 1 saturated heterocycles. The van der Waals surface area contributed by atoms with E-state index in [1.165, 1.54) is 0 Å². The predicted molar refractivity (Wildman–Crippen MR) is 107 cm³/mol. The number of halogens is 1. The predicted octanol–water partition coefficient (Wildman–Crippen LogP) is 2.23. The first-order valence-corrected chi connectivity index (χ1v) is 9.54. The number of amides is 3. The van der Waals surface area contributed by atoms with E-state index in [-0.39, 0.29) is 30.1 Å². The Labute approximate surface area is 168 Å². The van der Waals surface area contributed by atoms with E-state index in [9.17, 15) is 14.4 Å². The maximum Gasteiger partial charge on any atom is 0.251 e. The molecule has 2 aromatic carbocycles. The number of nitrogens with one attached hydrogen (secondary N) is 2. The van der Waals surface area contributed by atoms with Gasteiger partial charge in [-0.3, -0.25) is 14.4 Å². The van der Waals surface area contributed by atoms with Crippen molar-refractivity contribution >= 4 is 29.3 Å². The van der Waals surface area contributed by atoms with E-state index in [0.29, 0.717) is 36.8 Å². The number of likely N-dealkylation sites (tertiary alicyclic amines) is 1. The molecule has 1 atom stereocenters. The normalized spacial score (nSPS) is 16.1. The SMILES string of the molecule is O=C(NCCNC(=O)C1CC(=O)N(Cc2ccccc2)C1)c1ccc(Cl)cc1. The lowest BCUT2D eigenvalue weighted by molar-refractivity contribution is -0.129. The Morgan fingerprint density at radius 3 is 2.39 bits per heavy atom. The fourth-order valence-corrected chi connectivity index (χ4v) is 3.24. The van der Waals surface area contributed by atoms with Crippen molar-refractivity contribution in [1.82, 2.24) is 15.5 Å². The lowest BCUT2D eigenvalue weighted by atomic mass is 10.1. The van der Waals surface area contributed by atoms with Crippen LogP contribution < -0.4 is 10.6 Å². The number of carbonyl (C=O) groups excluding carboxylic acids is 3. The second kappa shape index (κ2) is 9.37. The summed E-state index contributed by atoms with van der Waals surface area (Å²) in [7, 11) is 0. The maximum atomic E-state index is 12.3. The monoisotopic (exact) mass is 399 g/mol. The highest BCUT2D eigenvalue weighted by molar-refractivity contribution is 6.30. The van der Waals surface area contributed by atoms with Crippen LogP contribution in [-0.2, 0) is 16.1 Å². The summed E-state index contributed by atoms with van der Waals surface area (Å²) in [5, 5.41) is 6.10. The summed E-state index contributed by atoms with van der Waals surface area (Å²) < 4.78 is 0. The lowest BCUT2D eigenvalue weighted by Crippen LogP contribution is -2.38. The quantitative estimate of drug-likeness (QED) is 0.701. The van der Waals surface area contributed by atoms with Crippen molar-refractivity contribution in [2.45, 2.75) is 13.0 Å². The molecule has 1 unspecified atom stereocenters. The summed E-state index contributed by atoms with van der Waals surface area (Å²) in [4.78, 5) is 38.2. The van der Waals surface area contributed by atoms with E-state index in [1.807, 2.05) is 30.3 Å². The number of benzene rings is 2. The first-order valence-electron chi connectivity index (χ1n) is 9.16. The van der Waals surface area contributed by atoms with Gasteiger partial charge in [-0.05, 0) is 29.8 Å². The van der Waals surface area contributed by atoms with Crippen molar-refractivity contribution in [3.8, 4) is 0 Å². The van der Waals surface area contributed by atoms with Crippen LogP contribution >= 0.6 is 11.6 Å². The van der Waals surface area contributed by atoms with Gasteiger partial charge in [0.2, 0.25) is 11.8 Å². The summed E-state index contributed by atoms with van der Waals surface area (Å²) in [6.07, 6.45) is 0.218. The van der Waals surface area contributed by atoms with Crippen molar-refractivity contribution in [2.75, 3.05) is 19.6 Å². The molecule has 0 aromatic heterocycles. The van der Waals surface area contributed by atoms with Gasteiger partial charge in [-0.15, -0.1) is 0 Å². The van der Waals surface area contributed by atoms with Crippen molar-refractivity contribution < 1.29 is 14.4 Å². The Bertz CT molecular complexity index is 840. The molecular weight excluding hydrogens is 378 g/mol. The molecule has 0 saturated carbocycles. The molecule has 2 aromatic rings. The maximum absolute atomic E-state index is 12.3. The van der Waals surface area contributed by atoms with Crippen molar-refractivity contribution in [3.63, 3.8) is 0 Å². The summed E-state index contributed by atoms with van der Waals surface area (Å²) in [6.45, 7) is 1.54. The van der Waals surface area contributed by atoms with Crippen LogP contribution in [0, 0.1) is 5.92 Å². The summed E-state index contributed by atoms with van der Waals surface area (Å²) >= 11 is 5.80. The standard InChI is InChI=1S/C21H22ClN3O3/c22-18-8-6-16(7-9-18)20(27)23-10-11-24-21(28)17-12-19(26)25(14-17)13-15-4-2-1-3-5-15/h1-9,17H,10-14H2,(H,23,27)(H,24,28). The number of hydrogen-bond donors (Lipinski definition) is 2. The van der Waals surface area contributed by atoms with Crippen molar-refractivity contribution in [1.29, 1.82) is 0 Å². The summed E-state index contributed by atoms with van der Waals surface area (Å²) in [6, 6.07) is 16.3. The molecule has 3 amide bonds. The third-order valence-corrected chi connectivity index (χ3v) is 4.87. The molecule has 7 heteroatoms. The fraction of sp³-hybridized carbons (Fsp3) is 0.286. The van der Waals surface area contributed by atoms with Crippen LogP contribution in [0.5, 0.6) is 0 Å². The Morgan fingerprint density at radius 1 is 1.00 bits per heavy atom. The molecule has 0 radical (unpaired) electrons. The van der Waals surface area contributed by atoms with Gasteiger partial charge in [0.05, 0.1) is 5.92 Å². The van der Waals surface area contributed by atoms with Crippen LogP contribution in [0.3, 0.4) is 0 Å². The molecule has 6 nitrogen and oxygen atoms in total. The average molecular weight is 400 g/mol. The fourth-order valence-electron chi connectivity index (χ4n) is 3.11. The number of nitrogens with zero attached hydrogens (tertiary/aromatic N) is 1. The Hall–Kier alpha value is -2.86. The minimum Gasteiger partial charge on any atom is -0.354 e. The minimum atomic E-state index is -0.358. The van der Waals surface area contributed by atoms with Crippen LogP contribution in [0.4, 0.5) is 0 Å². The molecule has 146 valence electrons. The van der Waals surface area contributed by atoms with Gasteiger partial charge in [-0.1, -0.05) is 41.9 Å². The van der Waals surface area contributed by atoms with Crippen molar-refractivity contribution in [2.24, 2.45) is 5.92 Å². The second-order valence-electron chi connectivity index (χ2n) is 6.71. The van der Waals surface area contributed by atoms with Gasteiger partial charge in [-0.2, -0.15) is 0 Å². The van der Waals surface area contributed by atoms with Gasteiger partial charge in [0.1, 0.15) is 0 Å². The zero-order valence-electron chi connectivity index (χ0n) is 15.4. The molecule has 1 aliphatic heterocycles. The van der Waals surface area contributed by atoms with Gasteiger partial charge >= 0.3 is 0 Å². The van der Waals surface area contributed by atoms with E-state index in [4.69, 9.17) is 11.6 Å². The smallest absolute Gasteiger partial charge is 0.251 e. The van der Waals surface area contributed by atoms with Crippen molar-refractivity contribution in [3.05, 3.63) is 70.7 Å². The van der Waals surface area contributed by atoms with Crippen LogP contribution in [0.25, 0.3) is 0 Å². The largest absolute Gasteiger partial charge is 0.354 e. The van der Waals surface area contributed by atoms with Gasteiger partial charge in [0, 0.05) is 43.2 Å². The molecule has 1 heterocycles. The highest BCUT2D eigenvalue weighted by atomic mass is 35.5. The first kappa shape index (κ1) is 19.9. The van der Waals surface area contributed by atoms with Crippen LogP contribution in [-0.4, -0.2) is 42.3 Å². The van der Waals surface area contributed by atoms with Gasteiger partial charge in [0.25, 0.3) is 5.91 Å². The Morgan fingerprint density at radius 2 is 1.68 bits per heavy atom. The van der Waals surface area contributed by atoms with Gasteiger partial charge in [-0.25, -0.2) is 0 Å². The molecule has 2 N–H and O–H groups in total. The minimum absolute atomic E-state index is 0.0138. The molecule has 0 spiro atoms. The molecular formula is C21H22ClN3O3. The van der Waals surface area contributed by atoms with E-state index in [2.05, 4.69) is 10.6 Å². The van der Waals surface area contributed by atoms with Crippen LogP contribution in [0.2, 0.25) is 5.02 Å². The molecule has 0 bridgehead atoms. The summed E-state index contributed by atoms with van der Waals surface area (Å²) in [5.74, 6) is -0.760. The van der Waals surface area contributed by atoms with Gasteiger partial charge in [0.15, 0.2) is 0 Å². The second-order valence-corrected chi connectivity index (χ2v) is 7.15. The Balaban J connectivity index is 1.39. The molecule has 0 aliphatic carbocycles. The zero-order valence-corrected chi connectivity index (χ0v) is 16.1. The lowest BCUT2D eigenvalue weighted by Gasteiger charge is -2.16. The molecule has 28 heavy (non-hydrogen) atoms. The highest BCUT2D eigenvalue weighted by Crippen LogP contribution is 2.20. The highest BCUT2D eigenvalue weighted by Gasteiger charge is 2.33. The topological polar surface area (TPSA) is 78.5 Å². The Kier molecular flexibility index (Phi) is 6.66. The first-order chi connectivity index (χ1) is 13.5. The zero-order chi connectivity index (χ0) is 19.9. The summed E-state index contributed by atoms with van der Waals surface area (Å²) in [5.41, 5.74) is 1.55. The van der Waals surface area contributed by atoms with E-state index >= 15 is 0 Å². The third kappa shape index (κ3) is 5.33. The number of hydrogen-bond acceptors (Lipinski definition) is 3. The van der Waals surface area contributed by atoms with E-state index in [1.54, 1.807) is 29.2 Å². The van der Waals surface area contributed by atoms with Crippen LogP contribution in [0.1, 0.15) is 22.3 Å². The average Bonchev–Trinajstić information content (AvgIpc) is 3.07. The molecule has 1 aliphatic rings. The van der Waals surface area contributed by atoms with Crippen LogP contribution in [0.15, 0.2) is 54.6 Å². The third-order valence-electron chi connectivity index (χ3n) is 4.62. The van der Waals surface area contributed by atoms with E-state index < -0.39 is 0 Å². The van der Waals surface area contributed by atoms with E-state index in [0.717, 1.165) is 5.56 Å². The number of carbonyl (C=O) groups is 3. The molecule has 1 fully saturated rings.